The van der Waals surface area contributed by atoms with Gasteiger partial charge in [-0.25, -0.2) is 4.90 Å². The Morgan fingerprint density at radius 3 is 2.25 bits per heavy atom. The highest BCUT2D eigenvalue weighted by Crippen LogP contribution is 2.23. The van der Waals surface area contributed by atoms with E-state index in [2.05, 4.69) is 39.8 Å². The predicted molar refractivity (Wildman–Crippen MR) is 52.9 cm³/mol. The second-order valence-corrected chi connectivity index (χ2v) is 5.23. The Hall–Kier alpha value is -0.0800. The maximum Gasteiger partial charge on any atom is 0.135 e. The van der Waals surface area contributed by atoms with Gasteiger partial charge in [0.2, 0.25) is 0 Å². The molecule has 1 aliphatic rings. The van der Waals surface area contributed by atoms with Crippen LogP contribution < -0.4 is 0 Å². The lowest BCUT2D eigenvalue weighted by Crippen LogP contribution is -2.45. The van der Waals surface area contributed by atoms with E-state index in [1.165, 1.54) is 26.2 Å². The number of likely N-dealkylation sites (N-methyl/N-ethyl adjacent to an activating group) is 1. The molecule has 12 heavy (non-hydrogen) atoms. The Morgan fingerprint density at radius 2 is 1.92 bits per heavy atom. The van der Waals surface area contributed by atoms with Crippen LogP contribution in [0.4, 0.5) is 0 Å². The van der Waals surface area contributed by atoms with Gasteiger partial charge in [0, 0.05) is 5.54 Å². The van der Waals surface area contributed by atoms with E-state index in [9.17, 15) is 0 Å². The van der Waals surface area contributed by atoms with Crippen LogP contribution in [0, 0.1) is 0 Å². The van der Waals surface area contributed by atoms with Gasteiger partial charge in [-0.3, -0.25) is 0 Å². The van der Waals surface area contributed by atoms with Crippen LogP contribution in [0.15, 0.2) is 0 Å². The maximum atomic E-state index is 2.60. The Bertz CT molecular complexity index is 161. The van der Waals surface area contributed by atoms with Crippen LogP contribution in [0.1, 0.15) is 27.2 Å². The Labute approximate surface area is 76.7 Å². The van der Waals surface area contributed by atoms with Crippen molar-refractivity contribution in [2.75, 3.05) is 33.9 Å². The molecular weight excluding hydrogens is 148 g/mol. The second-order valence-electron chi connectivity index (χ2n) is 5.23. The molecule has 0 unspecified atom stereocenters. The topological polar surface area (TPSA) is 3.24 Å². The third-order valence-corrected chi connectivity index (χ3v) is 3.25. The van der Waals surface area contributed by atoms with Crippen molar-refractivity contribution in [3.05, 3.63) is 0 Å². The van der Waals surface area contributed by atoms with Crippen molar-refractivity contribution in [1.29, 1.82) is 0 Å². The minimum absolute atomic E-state index is 0.395. The molecule has 0 aromatic heterocycles. The zero-order valence-corrected chi connectivity index (χ0v) is 9.22. The molecule has 1 aliphatic heterocycles. The van der Waals surface area contributed by atoms with E-state index in [0.29, 0.717) is 5.54 Å². The van der Waals surface area contributed by atoms with Crippen molar-refractivity contribution >= 4 is 0 Å². The minimum atomic E-state index is 0.395. The van der Waals surface area contributed by atoms with E-state index >= 15 is 0 Å². The maximum absolute atomic E-state index is 2.60. The van der Waals surface area contributed by atoms with Crippen LogP contribution in [0.2, 0.25) is 0 Å². The summed E-state index contributed by atoms with van der Waals surface area (Å²) in [6.07, 6.45) is 1.24. The van der Waals surface area contributed by atoms with Crippen LogP contribution in [-0.2, 0) is 0 Å². The molecule has 2 heteroatoms. The number of nitrogens with zero attached hydrogens (tertiary/aromatic N) is 2. The third kappa shape index (κ3) is 1.99. The first-order valence-corrected chi connectivity index (χ1v) is 4.94. The molecule has 1 heterocycles. The summed E-state index contributed by atoms with van der Waals surface area (Å²) in [5.41, 5.74) is 0.395. The molecule has 0 radical (unpaired) electrons. The second kappa shape index (κ2) is 3.00. The lowest BCUT2D eigenvalue weighted by molar-refractivity contribution is -0.882. The standard InChI is InChI=1S/C10H23N2/c1-6-10(2,3)11-7-8-12(4,5)9-11/h6-9H2,1-5H3/q+1. The molecule has 2 nitrogen and oxygen atoms in total. The lowest BCUT2D eigenvalue weighted by atomic mass is 10.0. The van der Waals surface area contributed by atoms with Crippen LogP contribution in [0.3, 0.4) is 0 Å². The predicted octanol–water partition coefficient (Wildman–Crippen LogP) is 1.52. The average Bonchev–Trinajstić information content (AvgIpc) is 2.31. The fraction of sp³-hybridized carbons (Fsp3) is 1.00. The molecule has 1 fully saturated rings. The summed E-state index contributed by atoms with van der Waals surface area (Å²) in [6.45, 7) is 10.7. The van der Waals surface area contributed by atoms with Crippen molar-refractivity contribution in [3.63, 3.8) is 0 Å². The van der Waals surface area contributed by atoms with Gasteiger partial charge in [-0.15, -0.1) is 0 Å². The van der Waals surface area contributed by atoms with Crippen molar-refractivity contribution in [2.45, 2.75) is 32.7 Å². The number of hydrogen-bond acceptors (Lipinski definition) is 1. The fourth-order valence-electron chi connectivity index (χ4n) is 1.71. The van der Waals surface area contributed by atoms with Gasteiger partial charge in [0.15, 0.2) is 0 Å². The van der Waals surface area contributed by atoms with E-state index in [1.54, 1.807) is 0 Å². The van der Waals surface area contributed by atoms with Gasteiger partial charge in [-0.1, -0.05) is 6.92 Å². The van der Waals surface area contributed by atoms with Gasteiger partial charge in [-0.2, -0.15) is 0 Å². The van der Waals surface area contributed by atoms with Crippen molar-refractivity contribution in [2.24, 2.45) is 0 Å². The van der Waals surface area contributed by atoms with Crippen molar-refractivity contribution in [3.8, 4) is 0 Å². The van der Waals surface area contributed by atoms with Crippen molar-refractivity contribution < 1.29 is 4.48 Å². The summed E-state index contributed by atoms with van der Waals surface area (Å²) in [4.78, 5) is 2.60. The first-order valence-electron chi connectivity index (χ1n) is 4.94. The Balaban J connectivity index is 2.58. The normalized spacial score (nSPS) is 24.8. The highest BCUT2D eigenvalue weighted by Gasteiger charge is 2.36. The van der Waals surface area contributed by atoms with E-state index in [1.807, 2.05) is 0 Å². The van der Waals surface area contributed by atoms with Gasteiger partial charge in [0.25, 0.3) is 0 Å². The van der Waals surface area contributed by atoms with Crippen LogP contribution in [-0.4, -0.2) is 48.8 Å². The first-order chi connectivity index (χ1) is 5.37. The molecule has 0 bridgehead atoms. The van der Waals surface area contributed by atoms with Crippen molar-refractivity contribution in [1.82, 2.24) is 4.90 Å². The lowest BCUT2D eigenvalue weighted by Gasteiger charge is -2.34. The van der Waals surface area contributed by atoms with Gasteiger partial charge in [0.1, 0.15) is 6.67 Å². The molecule has 0 spiro atoms. The number of hydrogen-bond donors (Lipinski definition) is 0. The summed E-state index contributed by atoms with van der Waals surface area (Å²) in [5, 5.41) is 0. The Kier molecular flexibility index (Phi) is 2.50. The molecule has 0 aliphatic carbocycles. The molecule has 0 amide bonds. The molecule has 1 rings (SSSR count). The largest absolute Gasteiger partial charge is 0.315 e. The third-order valence-electron chi connectivity index (χ3n) is 3.25. The summed E-state index contributed by atoms with van der Waals surface area (Å²) >= 11 is 0. The zero-order valence-electron chi connectivity index (χ0n) is 9.22. The average molecular weight is 171 g/mol. The molecule has 0 aromatic carbocycles. The quantitative estimate of drug-likeness (QED) is 0.569. The summed E-state index contributed by atoms with van der Waals surface area (Å²) in [6, 6.07) is 0. The van der Waals surface area contributed by atoms with Gasteiger partial charge in [-0.05, 0) is 20.3 Å². The molecule has 72 valence electrons. The molecule has 0 N–H and O–H groups in total. The molecule has 0 aromatic rings. The van der Waals surface area contributed by atoms with Crippen LogP contribution in [0.5, 0.6) is 0 Å². The smallest absolute Gasteiger partial charge is 0.135 e. The van der Waals surface area contributed by atoms with E-state index < -0.39 is 0 Å². The highest BCUT2D eigenvalue weighted by molar-refractivity contribution is 4.80. The van der Waals surface area contributed by atoms with Gasteiger partial charge < -0.3 is 4.48 Å². The van der Waals surface area contributed by atoms with Gasteiger partial charge in [0.05, 0.1) is 27.2 Å². The van der Waals surface area contributed by atoms with Gasteiger partial charge >= 0.3 is 0 Å². The summed E-state index contributed by atoms with van der Waals surface area (Å²) < 4.78 is 1.16. The fourth-order valence-corrected chi connectivity index (χ4v) is 1.71. The van der Waals surface area contributed by atoms with E-state index in [0.717, 1.165) is 4.48 Å². The zero-order chi connectivity index (χ0) is 9.41. The molecular formula is C10H23N2+. The summed E-state index contributed by atoms with van der Waals surface area (Å²) in [5.74, 6) is 0. The van der Waals surface area contributed by atoms with Crippen LogP contribution in [0.25, 0.3) is 0 Å². The highest BCUT2D eigenvalue weighted by atomic mass is 15.5. The summed E-state index contributed by atoms with van der Waals surface area (Å²) in [7, 11) is 4.62. The monoisotopic (exact) mass is 171 g/mol. The first kappa shape index (κ1) is 10.0. The van der Waals surface area contributed by atoms with E-state index in [4.69, 9.17) is 0 Å². The molecule has 0 atom stereocenters. The molecule has 0 saturated carbocycles. The van der Waals surface area contributed by atoms with Crippen LogP contribution >= 0.6 is 0 Å². The molecule has 1 saturated heterocycles. The Morgan fingerprint density at radius 1 is 1.33 bits per heavy atom. The number of rotatable bonds is 2. The van der Waals surface area contributed by atoms with E-state index in [-0.39, 0.29) is 0 Å². The SMILES string of the molecule is CCC(C)(C)N1CC[N+](C)(C)C1. The number of quaternary nitrogens is 1. The minimum Gasteiger partial charge on any atom is -0.315 e.